The number of ether oxygens (including phenoxy) is 3. The van der Waals surface area contributed by atoms with Gasteiger partial charge in [-0.15, -0.1) is 0 Å². The Morgan fingerprint density at radius 3 is 2.00 bits per heavy atom. The summed E-state index contributed by atoms with van der Waals surface area (Å²) in [5.74, 6) is -4.99. The van der Waals surface area contributed by atoms with Crippen molar-refractivity contribution in [2.45, 2.75) is 45.3 Å². The molecule has 0 aromatic rings. The number of carbonyl (C=O) groups excluding carboxylic acids is 3. The number of likely N-dealkylation sites (tertiary alicyclic amines) is 1. The van der Waals surface area contributed by atoms with Gasteiger partial charge in [-0.05, 0) is 33.6 Å². The highest BCUT2D eigenvalue weighted by atomic mass is 16.6. The largest absolute Gasteiger partial charge is 0.468 e. The molecular formula is C18H25N3O6. The lowest BCUT2D eigenvalue weighted by molar-refractivity contribution is -0.152. The highest BCUT2D eigenvalue weighted by Crippen LogP contribution is 2.36. The molecule has 1 aliphatic rings. The van der Waals surface area contributed by atoms with Gasteiger partial charge in [0.1, 0.15) is 11.5 Å². The lowest BCUT2D eigenvalue weighted by Gasteiger charge is -2.43. The summed E-state index contributed by atoms with van der Waals surface area (Å²) in [6.45, 7) is 5.30. The Kier molecular flexibility index (Phi) is 7.59. The van der Waals surface area contributed by atoms with Crippen LogP contribution in [0.15, 0.2) is 0 Å². The van der Waals surface area contributed by atoms with Crippen molar-refractivity contribution in [3.05, 3.63) is 0 Å². The molecule has 0 N–H and O–H groups in total. The molecule has 1 fully saturated rings. The Hall–Kier alpha value is -2.81. The van der Waals surface area contributed by atoms with Crippen LogP contribution in [0.25, 0.3) is 0 Å². The molecule has 27 heavy (non-hydrogen) atoms. The van der Waals surface area contributed by atoms with Gasteiger partial charge in [-0.25, -0.2) is 4.79 Å². The van der Waals surface area contributed by atoms with E-state index in [-0.39, 0.29) is 6.54 Å². The third kappa shape index (κ3) is 5.33. The Morgan fingerprint density at radius 1 is 1.04 bits per heavy atom. The molecule has 0 aromatic carbocycles. The summed E-state index contributed by atoms with van der Waals surface area (Å²) in [4.78, 5) is 38.2. The average Bonchev–Trinajstić information content (AvgIpc) is 2.61. The minimum Gasteiger partial charge on any atom is -0.468 e. The average molecular weight is 379 g/mol. The number of amides is 1. The normalized spacial score (nSPS) is 21.8. The maximum absolute atomic E-state index is 12.7. The van der Waals surface area contributed by atoms with Gasteiger partial charge in [0.15, 0.2) is 5.92 Å². The maximum Gasteiger partial charge on any atom is 0.410 e. The standard InChI is InChI=1S/C18H25N3O6/c1-18(2,3)27-17(24)21-8-6-7-11(12(9-19)15(22)25-4)14(21)13(10-20)16(23)26-5/h11-14H,6-8H2,1-5H3. The van der Waals surface area contributed by atoms with Gasteiger partial charge in [0.05, 0.1) is 32.4 Å². The first kappa shape index (κ1) is 22.2. The molecule has 0 radical (unpaired) electrons. The van der Waals surface area contributed by atoms with E-state index in [1.165, 1.54) is 4.90 Å². The predicted molar refractivity (Wildman–Crippen MR) is 91.7 cm³/mol. The molecule has 1 amide bonds. The zero-order valence-corrected chi connectivity index (χ0v) is 16.2. The molecule has 0 bridgehead atoms. The Balaban J connectivity index is 3.39. The molecule has 0 aromatic heterocycles. The second kappa shape index (κ2) is 9.22. The van der Waals surface area contributed by atoms with Crippen LogP contribution in [0.3, 0.4) is 0 Å². The highest BCUT2D eigenvalue weighted by Gasteiger charge is 2.49. The van der Waals surface area contributed by atoms with Gasteiger partial charge in [-0.2, -0.15) is 10.5 Å². The van der Waals surface area contributed by atoms with Gasteiger partial charge in [0, 0.05) is 12.5 Å². The third-order valence-electron chi connectivity index (χ3n) is 4.32. The Labute approximate surface area is 158 Å². The van der Waals surface area contributed by atoms with Gasteiger partial charge >= 0.3 is 18.0 Å². The van der Waals surface area contributed by atoms with Crippen molar-refractivity contribution >= 4 is 18.0 Å². The smallest absolute Gasteiger partial charge is 0.410 e. The van der Waals surface area contributed by atoms with Gasteiger partial charge < -0.3 is 19.1 Å². The molecule has 4 atom stereocenters. The van der Waals surface area contributed by atoms with Gasteiger partial charge in [-0.1, -0.05) is 0 Å². The summed E-state index contributed by atoms with van der Waals surface area (Å²) in [6, 6.07) is 2.69. The molecule has 1 aliphatic heterocycles. The van der Waals surface area contributed by atoms with E-state index in [1.807, 2.05) is 12.1 Å². The van der Waals surface area contributed by atoms with Crippen LogP contribution in [-0.4, -0.2) is 55.3 Å². The van der Waals surface area contributed by atoms with Gasteiger partial charge in [0.25, 0.3) is 0 Å². The Morgan fingerprint density at radius 2 is 1.56 bits per heavy atom. The summed E-state index contributed by atoms with van der Waals surface area (Å²) in [6.07, 6.45) is 0.129. The van der Waals surface area contributed by atoms with E-state index in [4.69, 9.17) is 9.47 Å². The zero-order valence-electron chi connectivity index (χ0n) is 16.2. The fourth-order valence-electron chi connectivity index (χ4n) is 3.22. The molecule has 4 unspecified atom stereocenters. The number of esters is 2. The van der Waals surface area contributed by atoms with Crippen molar-refractivity contribution in [3.63, 3.8) is 0 Å². The van der Waals surface area contributed by atoms with E-state index in [0.29, 0.717) is 12.8 Å². The van der Waals surface area contributed by atoms with Crippen molar-refractivity contribution in [2.24, 2.45) is 17.8 Å². The van der Waals surface area contributed by atoms with Crippen LogP contribution in [0.5, 0.6) is 0 Å². The fraction of sp³-hybridized carbons (Fsp3) is 0.722. The molecule has 0 aliphatic carbocycles. The van der Waals surface area contributed by atoms with Crippen LogP contribution in [0, 0.1) is 40.4 Å². The van der Waals surface area contributed by atoms with Crippen LogP contribution < -0.4 is 0 Å². The topological polar surface area (TPSA) is 130 Å². The van der Waals surface area contributed by atoms with E-state index < -0.39 is 47.4 Å². The number of rotatable bonds is 4. The summed E-state index contributed by atoms with van der Waals surface area (Å²) in [7, 11) is 2.28. The van der Waals surface area contributed by atoms with Crippen LogP contribution in [0.2, 0.25) is 0 Å². The second-order valence-electron chi connectivity index (χ2n) is 7.23. The lowest BCUT2D eigenvalue weighted by atomic mass is 9.75. The van der Waals surface area contributed by atoms with E-state index in [1.54, 1.807) is 20.8 Å². The molecule has 9 heteroatoms. The predicted octanol–water partition coefficient (Wildman–Crippen LogP) is 1.63. The Bertz CT molecular complexity index is 657. The number of methoxy groups -OCH3 is 2. The van der Waals surface area contributed by atoms with Crippen molar-refractivity contribution in [1.29, 1.82) is 10.5 Å². The minimum absolute atomic E-state index is 0.227. The molecule has 9 nitrogen and oxygen atoms in total. The quantitative estimate of drug-likeness (QED) is 0.532. The molecular weight excluding hydrogens is 354 g/mol. The molecule has 1 rings (SSSR count). The number of piperidine rings is 1. The number of hydrogen-bond acceptors (Lipinski definition) is 8. The first-order chi connectivity index (χ1) is 12.6. The number of nitrogens with zero attached hydrogens (tertiary/aromatic N) is 3. The molecule has 0 spiro atoms. The number of nitriles is 2. The monoisotopic (exact) mass is 379 g/mol. The maximum atomic E-state index is 12.7. The molecule has 1 heterocycles. The molecule has 148 valence electrons. The zero-order chi connectivity index (χ0) is 20.8. The lowest BCUT2D eigenvalue weighted by Crippen LogP contribution is -2.57. The van der Waals surface area contributed by atoms with Gasteiger partial charge in [-0.3, -0.25) is 9.59 Å². The van der Waals surface area contributed by atoms with Crippen molar-refractivity contribution < 1.29 is 28.6 Å². The third-order valence-corrected chi connectivity index (χ3v) is 4.32. The first-order valence-corrected chi connectivity index (χ1v) is 8.55. The van der Waals surface area contributed by atoms with E-state index in [0.717, 1.165) is 14.2 Å². The number of carbonyl (C=O) groups is 3. The summed E-state index contributed by atoms with van der Waals surface area (Å²) < 4.78 is 14.8. The summed E-state index contributed by atoms with van der Waals surface area (Å²) >= 11 is 0. The van der Waals surface area contributed by atoms with Crippen LogP contribution in [0.4, 0.5) is 4.79 Å². The second-order valence-corrected chi connectivity index (χ2v) is 7.23. The fourth-order valence-corrected chi connectivity index (χ4v) is 3.22. The van der Waals surface area contributed by atoms with Crippen LogP contribution in [-0.2, 0) is 23.8 Å². The number of hydrogen-bond donors (Lipinski definition) is 0. The van der Waals surface area contributed by atoms with Crippen molar-refractivity contribution in [1.82, 2.24) is 4.90 Å². The van der Waals surface area contributed by atoms with E-state index in [2.05, 4.69) is 4.74 Å². The SMILES string of the molecule is COC(=O)C(C#N)C1CCCN(C(=O)OC(C)(C)C)C1C(C#N)C(=O)OC. The van der Waals surface area contributed by atoms with Crippen molar-refractivity contribution in [3.8, 4) is 12.1 Å². The minimum atomic E-state index is -1.37. The molecule has 1 saturated heterocycles. The summed E-state index contributed by atoms with van der Waals surface area (Å²) in [5, 5.41) is 19.0. The van der Waals surface area contributed by atoms with Gasteiger partial charge in [0.2, 0.25) is 0 Å². The van der Waals surface area contributed by atoms with E-state index >= 15 is 0 Å². The summed E-state index contributed by atoms with van der Waals surface area (Å²) in [5.41, 5.74) is -0.793. The molecule has 0 saturated carbocycles. The van der Waals surface area contributed by atoms with Crippen LogP contribution >= 0.6 is 0 Å². The van der Waals surface area contributed by atoms with E-state index in [9.17, 15) is 24.9 Å². The first-order valence-electron chi connectivity index (χ1n) is 8.55. The van der Waals surface area contributed by atoms with Crippen LogP contribution in [0.1, 0.15) is 33.6 Å². The van der Waals surface area contributed by atoms with Crippen molar-refractivity contribution in [2.75, 3.05) is 20.8 Å². The highest BCUT2D eigenvalue weighted by molar-refractivity contribution is 5.79.